The minimum Gasteiger partial charge on any atom is -0.467 e. The quantitative estimate of drug-likeness (QED) is 0.715. The van der Waals surface area contributed by atoms with Crippen molar-refractivity contribution in [2.45, 2.75) is 39.2 Å². The average Bonchev–Trinajstić information content (AvgIpc) is 2.77. The third-order valence-electron chi connectivity index (χ3n) is 3.44. The van der Waals surface area contributed by atoms with E-state index >= 15 is 0 Å². The smallest absolute Gasteiger partial charge is 0.335 e. The Balaban J connectivity index is 2.40. The first-order valence-electron chi connectivity index (χ1n) is 5.95. The molecule has 1 fully saturated rings. The number of esters is 1. The lowest BCUT2D eigenvalue weighted by molar-refractivity contribution is -0.157. The van der Waals surface area contributed by atoms with Crippen LogP contribution >= 0.6 is 0 Å². The van der Waals surface area contributed by atoms with E-state index in [9.17, 15) is 9.90 Å². The van der Waals surface area contributed by atoms with Crippen LogP contribution in [0.5, 0.6) is 0 Å². The number of carbonyl (C=O) groups is 1. The second kappa shape index (κ2) is 5.64. The summed E-state index contributed by atoms with van der Waals surface area (Å²) >= 11 is 0. The number of nitrogens with zero attached hydrogens (tertiary/aromatic N) is 1. The van der Waals surface area contributed by atoms with Crippen molar-refractivity contribution in [2.75, 3.05) is 26.7 Å². The minimum atomic E-state index is -1.03. The molecule has 4 nitrogen and oxygen atoms in total. The Morgan fingerprint density at radius 2 is 2.00 bits per heavy atom. The number of aliphatic hydroxyl groups excluding tert-OH is 1. The van der Waals surface area contributed by atoms with E-state index in [1.54, 1.807) is 0 Å². The maximum Gasteiger partial charge on any atom is 0.335 e. The molecule has 1 rings (SSSR count). The maximum absolute atomic E-state index is 11.3. The van der Waals surface area contributed by atoms with Gasteiger partial charge in [-0.3, -0.25) is 0 Å². The fourth-order valence-corrected chi connectivity index (χ4v) is 2.02. The van der Waals surface area contributed by atoms with Crippen molar-refractivity contribution >= 4 is 5.97 Å². The summed E-state index contributed by atoms with van der Waals surface area (Å²) in [6, 6.07) is 0. The van der Waals surface area contributed by atoms with Crippen LogP contribution < -0.4 is 0 Å². The number of rotatable bonds is 5. The summed E-state index contributed by atoms with van der Waals surface area (Å²) in [7, 11) is 1.31. The first kappa shape index (κ1) is 13.5. The third-order valence-corrected chi connectivity index (χ3v) is 3.44. The number of ether oxygens (including phenoxy) is 1. The molecule has 4 heteroatoms. The van der Waals surface area contributed by atoms with E-state index in [0.717, 1.165) is 26.1 Å². The number of methoxy groups -OCH3 is 1. The Morgan fingerprint density at radius 1 is 1.44 bits per heavy atom. The Labute approximate surface area is 97.6 Å². The van der Waals surface area contributed by atoms with Gasteiger partial charge in [-0.2, -0.15) is 0 Å². The summed E-state index contributed by atoms with van der Waals surface area (Å²) in [5.74, 6) is -0.536. The van der Waals surface area contributed by atoms with E-state index in [-0.39, 0.29) is 0 Å². The van der Waals surface area contributed by atoms with E-state index in [1.165, 1.54) is 20.0 Å². The van der Waals surface area contributed by atoms with Gasteiger partial charge in [-0.25, -0.2) is 4.79 Å². The van der Waals surface area contributed by atoms with Crippen LogP contribution in [0.3, 0.4) is 0 Å². The normalized spacial score (nSPS) is 19.8. The summed E-state index contributed by atoms with van der Waals surface area (Å²) in [5, 5.41) is 9.83. The Kier molecular flexibility index (Phi) is 4.74. The molecule has 1 unspecified atom stereocenters. The zero-order chi connectivity index (χ0) is 12.2. The summed E-state index contributed by atoms with van der Waals surface area (Å²) in [6.07, 6.45) is 2.31. The zero-order valence-electron chi connectivity index (χ0n) is 10.5. The van der Waals surface area contributed by atoms with Gasteiger partial charge in [0, 0.05) is 5.41 Å². The van der Waals surface area contributed by atoms with Crippen LogP contribution in [0.25, 0.3) is 0 Å². The summed E-state index contributed by atoms with van der Waals surface area (Å²) in [6.45, 7) is 7.05. The number of hydrogen-bond donors (Lipinski definition) is 1. The van der Waals surface area contributed by atoms with Gasteiger partial charge in [0.25, 0.3) is 0 Å². The predicted molar refractivity (Wildman–Crippen MR) is 62.1 cm³/mol. The maximum atomic E-state index is 11.3. The van der Waals surface area contributed by atoms with Crippen LogP contribution in [0.15, 0.2) is 0 Å². The first-order valence-corrected chi connectivity index (χ1v) is 5.95. The standard InChI is InChI=1S/C12H23NO3/c1-12(2,10(14)11(15)16-3)6-9-13-7-4-5-8-13/h10,14H,4-9H2,1-3H3. The first-order chi connectivity index (χ1) is 7.47. The minimum absolute atomic E-state index is 0.421. The lowest BCUT2D eigenvalue weighted by Crippen LogP contribution is -2.39. The Morgan fingerprint density at radius 3 is 2.50 bits per heavy atom. The average molecular weight is 229 g/mol. The summed E-state index contributed by atoms with van der Waals surface area (Å²) in [5.41, 5.74) is -0.421. The van der Waals surface area contributed by atoms with Gasteiger partial charge in [-0.15, -0.1) is 0 Å². The fourth-order valence-electron chi connectivity index (χ4n) is 2.02. The van der Waals surface area contributed by atoms with E-state index < -0.39 is 17.5 Å². The molecule has 1 atom stereocenters. The molecule has 0 aromatic carbocycles. The van der Waals surface area contributed by atoms with Crippen molar-refractivity contribution in [1.29, 1.82) is 0 Å². The van der Waals surface area contributed by atoms with Gasteiger partial charge in [-0.1, -0.05) is 13.8 Å². The Bertz CT molecular complexity index is 234. The third kappa shape index (κ3) is 3.46. The van der Waals surface area contributed by atoms with Crippen LogP contribution in [0.2, 0.25) is 0 Å². The molecule has 0 aromatic rings. The number of hydrogen-bond acceptors (Lipinski definition) is 4. The molecular weight excluding hydrogens is 206 g/mol. The lowest BCUT2D eigenvalue weighted by atomic mass is 9.83. The molecule has 1 saturated heterocycles. The van der Waals surface area contributed by atoms with Crippen LogP contribution in [0.1, 0.15) is 33.1 Å². The molecule has 0 bridgehead atoms. The van der Waals surface area contributed by atoms with Gasteiger partial charge in [-0.05, 0) is 38.9 Å². The molecular formula is C12H23NO3. The highest BCUT2D eigenvalue weighted by atomic mass is 16.5. The second-order valence-electron chi connectivity index (χ2n) is 5.21. The van der Waals surface area contributed by atoms with Gasteiger partial charge in [0.2, 0.25) is 0 Å². The molecule has 0 aromatic heterocycles. The van der Waals surface area contributed by atoms with Crippen molar-refractivity contribution in [3.8, 4) is 0 Å². The lowest BCUT2D eigenvalue weighted by Gasteiger charge is -2.30. The molecule has 16 heavy (non-hydrogen) atoms. The van der Waals surface area contributed by atoms with Crippen molar-refractivity contribution in [3.63, 3.8) is 0 Å². The molecule has 1 aliphatic heterocycles. The number of carbonyl (C=O) groups excluding carboxylic acids is 1. The van der Waals surface area contributed by atoms with E-state index in [1.807, 2.05) is 13.8 Å². The van der Waals surface area contributed by atoms with E-state index in [0.29, 0.717) is 0 Å². The van der Waals surface area contributed by atoms with Gasteiger partial charge in [0.1, 0.15) is 0 Å². The molecule has 0 amide bonds. The monoisotopic (exact) mass is 229 g/mol. The molecule has 0 saturated carbocycles. The molecule has 0 radical (unpaired) electrons. The zero-order valence-corrected chi connectivity index (χ0v) is 10.5. The highest BCUT2D eigenvalue weighted by Crippen LogP contribution is 2.27. The van der Waals surface area contributed by atoms with Gasteiger partial charge >= 0.3 is 5.97 Å². The molecule has 0 spiro atoms. The van der Waals surface area contributed by atoms with Crippen molar-refractivity contribution < 1.29 is 14.6 Å². The van der Waals surface area contributed by atoms with E-state index in [2.05, 4.69) is 9.64 Å². The summed E-state index contributed by atoms with van der Waals surface area (Å²) < 4.78 is 4.57. The SMILES string of the molecule is COC(=O)C(O)C(C)(C)CCN1CCCC1. The predicted octanol–water partition coefficient (Wildman–Crippen LogP) is 1.03. The van der Waals surface area contributed by atoms with Crippen molar-refractivity contribution in [3.05, 3.63) is 0 Å². The van der Waals surface area contributed by atoms with Crippen LogP contribution in [0, 0.1) is 5.41 Å². The highest BCUT2D eigenvalue weighted by Gasteiger charge is 2.34. The Hall–Kier alpha value is -0.610. The van der Waals surface area contributed by atoms with Gasteiger partial charge in [0.15, 0.2) is 6.10 Å². The number of likely N-dealkylation sites (tertiary alicyclic amines) is 1. The fraction of sp³-hybridized carbons (Fsp3) is 0.917. The molecule has 1 aliphatic rings. The molecule has 1 N–H and O–H groups in total. The van der Waals surface area contributed by atoms with Crippen LogP contribution in [0.4, 0.5) is 0 Å². The van der Waals surface area contributed by atoms with Crippen LogP contribution in [-0.4, -0.2) is 48.8 Å². The second-order valence-corrected chi connectivity index (χ2v) is 5.21. The molecule has 0 aliphatic carbocycles. The van der Waals surface area contributed by atoms with Gasteiger partial charge < -0.3 is 14.7 Å². The topological polar surface area (TPSA) is 49.8 Å². The van der Waals surface area contributed by atoms with Crippen LogP contribution in [-0.2, 0) is 9.53 Å². The largest absolute Gasteiger partial charge is 0.467 e. The van der Waals surface area contributed by atoms with Crippen molar-refractivity contribution in [2.24, 2.45) is 5.41 Å². The van der Waals surface area contributed by atoms with Gasteiger partial charge in [0.05, 0.1) is 7.11 Å². The number of aliphatic hydroxyl groups is 1. The van der Waals surface area contributed by atoms with Crippen molar-refractivity contribution in [1.82, 2.24) is 4.90 Å². The molecule has 1 heterocycles. The van der Waals surface area contributed by atoms with E-state index in [4.69, 9.17) is 0 Å². The summed E-state index contributed by atoms with van der Waals surface area (Å²) in [4.78, 5) is 13.6. The highest BCUT2D eigenvalue weighted by molar-refractivity contribution is 5.75. The molecule has 94 valence electrons.